The Kier molecular flexibility index (Phi) is 4.08. The maximum atomic E-state index is 13.1. The fourth-order valence-electron chi connectivity index (χ4n) is 3.74. The third kappa shape index (κ3) is 2.74. The molecule has 0 aromatic heterocycles. The summed E-state index contributed by atoms with van der Waals surface area (Å²) in [6.45, 7) is 4.05. The van der Waals surface area contributed by atoms with Crippen molar-refractivity contribution in [2.45, 2.75) is 49.5 Å². The molecule has 1 aliphatic carbocycles. The van der Waals surface area contributed by atoms with Gasteiger partial charge in [-0.3, -0.25) is 0 Å². The molecule has 1 saturated heterocycles. The molecule has 0 bridgehead atoms. The Morgan fingerprint density at radius 3 is 2.67 bits per heavy atom. The van der Waals surface area contributed by atoms with Gasteiger partial charge in [-0.2, -0.15) is 4.31 Å². The lowest BCUT2D eigenvalue weighted by Crippen LogP contribution is -2.63. The smallest absolute Gasteiger partial charge is 0.243 e. The number of rotatable bonds is 2. The molecule has 116 valence electrons. The number of hydrogen-bond acceptors (Lipinski definition) is 3. The quantitative estimate of drug-likeness (QED) is 0.912. The SMILES string of the molecule is Cc1cccc(S(=O)(=O)N2CCNCC23CCCCC3)c1. The van der Waals surface area contributed by atoms with Crippen LogP contribution < -0.4 is 5.32 Å². The summed E-state index contributed by atoms with van der Waals surface area (Å²) < 4.78 is 28.0. The van der Waals surface area contributed by atoms with E-state index in [1.807, 2.05) is 19.1 Å². The minimum absolute atomic E-state index is 0.209. The Hall–Kier alpha value is -0.910. The van der Waals surface area contributed by atoms with Gasteiger partial charge in [-0.05, 0) is 37.5 Å². The Bertz CT molecular complexity index is 598. The molecule has 1 saturated carbocycles. The van der Waals surface area contributed by atoms with Crippen LogP contribution in [0.5, 0.6) is 0 Å². The van der Waals surface area contributed by atoms with Crippen molar-refractivity contribution in [3.05, 3.63) is 29.8 Å². The summed E-state index contributed by atoms with van der Waals surface area (Å²) in [5, 5.41) is 3.40. The van der Waals surface area contributed by atoms with E-state index in [1.54, 1.807) is 16.4 Å². The molecule has 0 amide bonds. The van der Waals surface area contributed by atoms with Gasteiger partial charge in [0.25, 0.3) is 0 Å². The van der Waals surface area contributed by atoms with Crippen molar-refractivity contribution in [2.24, 2.45) is 0 Å². The molecule has 0 unspecified atom stereocenters. The molecule has 1 N–H and O–H groups in total. The second-order valence-electron chi connectivity index (χ2n) is 6.36. The summed E-state index contributed by atoms with van der Waals surface area (Å²) in [6.07, 6.45) is 5.43. The van der Waals surface area contributed by atoms with E-state index in [0.717, 1.165) is 44.3 Å². The maximum Gasteiger partial charge on any atom is 0.243 e. The van der Waals surface area contributed by atoms with Crippen LogP contribution in [0.15, 0.2) is 29.2 Å². The first-order valence-corrected chi connectivity index (χ1v) is 9.29. The summed E-state index contributed by atoms with van der Waals surface area (Å²) in [5.74, 6) is 0. The van der Waals surface area contributed by atoms with Crippen molar-refractivity contribution in [1.29, 1.82) is 0 Å². The van der Waals surface area contributed by atoms with E-state index in [0.29, 0.717) is 11.4 Å². The van der Waals surface area contributed by atoms with Crippen LogP contribution in [0.4, 0.5) is 0 Å². The molecule has 1 spiro atoms. The van der Waals surface area contributed by atoms with Gasteiger partial charge < -0.3 is 5.32 Å². The third-order valence-electron chi connectivity index (χ3n) is 4.84. The van der Waals surface area contributed by atoms with Crippen molar-refractivity contribution in [1.82, 2.24) is 9.62 Å². The van der Waals surface area contributed by atoms with Crippen LogP contribution >= 0.6 is 0 Å². The molecular formula is C16H24N2O2S. The Morgan fingerprint density at radius 2 is 1.95 bits per heavy atom. The van der Waals surface area contributed by atoms with Gasteiger partial charge in [0, 0.05) is 25.2 Å². The normalized spacial score (nSPS) is 23.3. The molecule has 21 heavy (non-hydrogen) atoms. The Labute approximate surface area is 127 Å². The number of piperazine rings is 1. The van der Waals surface area contributed by atoms with Crippen molar-refractivity contribution >= 4 is 10.0 Å². The molecule has 0 atom stereocenters. The summed E-state index contributed by atoms with van der Waals surface area (Å²) in [6, 6.07) is 7.28. The van der Waals surface area contributed by atoms with Crippen LogP contribution in [-0.4, -0.2) is 37.9 Å². The maximum absolute atomic E-state index is 13.1. The number of nitrogens with zero attached hydrogens (tertiary/aromatic N) is 1. The largest absolute Gasteiger partial charge is 0.314 e. The van der Waals surface area contributed by atoms with Gasteiger partial charge in [0.15, 0.2) is 0 Å². The van der Waals surface area contributed by atoms with Crippen LogP contribution in [0.3, 0.4) is 0 Å². The summed E-state index contributed by atoms with van der Waals surface area (Å²) in [7, 11) is -3.40. The minimum atomic E-state index is -3.40. The molecule has 4 nitrogen and oxygen atoms in total. The average molecular weight is 308 g/mol. The predicted molar refractivity (Wildman–Crippen MR) is 83.8 cm³/mol. The summed E-state index contributed by atoms with van der Waals surface area (Å²) in [4.78, 5) is 0.439. The topological polar surface area (TPSA) is 49.4 Å². The predicted octanol–water partition coefficient (Wildman–Crippen LogP) is 2.29. The lowest BCUT2D eigenvalue weighted by Gasteiger charge is -2.48. The first-order valence-electron chi connectivity index (χ1n) is 7.85. The number of sulfonamides is 1. The highest BCUT2D eigenvalue weighted by atomic mass is 32.2. The highest BCUT2D eigenvalue weighted by Gasteiger charge is 2.46. The zero-order chi connectivity index (χ0) is 14.9. The zero-order valence-corrected chi connectivity index (χ0v) is 13.5. The summed E-state index contributed by atoms with van der Waals surface area (Å²) in [5.41, 5.74) is 0.780. The Balaban J connectivity index is 1.99. The van der Waals surface area contributed by atoms with Crippen LogP contribution in [0.2, 0.25) is 0 Å². The van der Waals surface area contributed by atoms with E-state index < -0.39 is 10.0 Å². The second-order valence-corrected chi connectivity index (χ2v) is 8.22. The van der Waals surface area contributed by atoms with E-state index in [2.05, 4.69) is 5.32 Å². The van der Waals surface area contributed by atoms with Gasteiger partial charge in [-0.15, -0.1) is 0 Å². The molecule has 1 heterocycles. The van der Waals surface area contributed by atoms with E-state index in [9.17, 15) is 8.42 Å². The fourth-order valence-corrected chi connectivity index (χ4v) is 5.67. The third-order valence-corrected chi connectivity index (χ3v) is 6.84. The molecule has 1 aromatic rings. The molecule has 0 radical (unpaired) electrons. The van der Waals surface area contributed by atoms with Crippen LogP contribution in [-0.2, 0) is 10.0 Å². The van der Waals surface area contributed by atoms with Crippen molar-refractivity contribution in [2.75, 3.05) is 19.6 Å². The number of nitrogens with one attached hydrogen (secondary N) is 1. The first kappa shape index (κ1) is 15.0. The van der Waals surface area contributed by atoms with Crippen LogP contribution in [0, 0.1) is 6.92 Å². The fraction of sp³-hybridized carbons (Fsp3) is 0.625. The van der Waals surface area contributed by atoms with Crippen LogP contribution in [0.25, 0.3) is 0 Å². The zero-order valence-electron chi connectivity index (χ0n) is 12.6. The summed E-state index contributed by atoms with van der Waals surface area (Å²) >= 11 is 0. The molecule has 1 aromatic carbocycles. The second kappa shape index (κ2) is 5.71. The van der Waals surface area contributed by atoms with Gasteiger partial charge in [0.1, 0.15) is 0 Å². The van der Waals surface area contributed by atoms with Gasteiger partial charge in [-0.1, -0.05) is 31.4 Å². The van der Waals surface area contributed by atoms with Gasteiger partial charge in [0.05, 0.1) is 4.90 Å². The average Bonchev–Trinajstić information content (AvgIpc) is 2.48. The molecule has 1 aliphatic heterocycles. The molecule has 5 heteroatoms. The first-order chi connectivity index (χ1) is 10.0. The van der Waals surface area contributed by atoms with E-state index >= 15 is 0 Å². The number of hydrogen-bond donors (Lipinski definition) is 1. The van der Waals surface area contributed by atoms with Gasteiger partial charge in [-0.25, -0.2) is 8.42 Å². The molecular weight excluding hydrogens is 284 g/mol. The highest BCUT2D eigenvalue weighted by molar-refractivity contribution is 7.89. The standard InChI is InChI=1S/C16H24N2O2S/c1-14-6-5-7-15(12-14)21(19,20)18-11-10-17-13-16(18)8-3-2-4-9-16/h5-7,12,17H,2-4,8-11,13H2,1H3. The van der Waals surface area contributed by atoms with Crippen molar-refractivity contribution < 1.29 is 8.42 Å². The van der Waals surface area contributed by atoms with Gasteiger partial charge in [0.2, 0.25) is 10.0 Å². The molecule has 3 rings (SSSR count). The van der Waals surface area contributed by atoms with E-state index in [4.69, 9.17) is 0 Å². The number of aryl methyl sites for hydroxylation is 1. The lowest BCUT2D eigenvalue weighted by molar-refractivity contribution is 0.101. The van der Waals surface area contributed by atoms with E-state index in [-0.39, 0.29) is 5.54 Å². The minimum Gasteiger partial charge on any atom is -0.314 e. The highest BCUT2D eigenvalue weighted by Crippen LogP contribution is 2.38. The molecule has 2 aliphatic rings. The van der Waals surface area contributed by atoms with Crippen molar-refractivity contribution in [3.63, 3.8) is 0 Å². The number of benzene rings is 1. The van der Waals surface area contributed by atoms with Crippen LogP contribution in [0.1, 0.15) is 37.7 Å². The Morgan fingerprint density at radius 1 is 1.19 bits per heavy atom. The molecule has 2 fully saturated rings. The van der Waals surface area contributed by atoms with E-state index in [1.165, 1.54) is 6.42 Å². The lowest BCUT2D eigenvalue weighted by atomic mass is 9.80. The monoisotopic (exact) mass is 308 g/mol. The van der Waals surface area contributed by atoms with Crippen molar-refractivity contribution in [3.8, 4) is 0 Å². The van der Waals surface area contributed by atoms with Gasteiger partial charge >= 0.3 is 0 Å².